The predicted molar refractivity (Wildman–Crippen MR) is 110 cm³/mol. The van der Waals surface area contributed by atoms with Gasteiger partial charge in [-0.05, 0) is 54.5 Å². The van der Waals surface area contributed by atoms with E-state index in [4.69, 9.17) is 0 Å². The fourth-order valence-electron chi connectivity index (χ4n) is 2.80. The van der Waals surface area contributed by atoms with Crippen LogP contribution < -0.4 is 10.6 Å². The summed E-state index contributed by atoms with van der Waals surface area (Å²) in [6, 6.07) is 14.8. The molecule has 6 heteroatoms. The number of pyridine rings is 1. The molecule has 0 fully saturated rings. The molecule has 0 aliphatic rings. The molecule has 1 atom stereocenters. The highest BCUT2D eigenvalue weighted by atomic mass is 19.1. The highest BCUT2D eigenvalue weighted by molar-refractivity contribution is 5.92. The Morgan fingerprint density at radius 3 is 2.59 bits per heavy atom. The Morgan fingerprint density at radius 2 is 1.86 bits per heavy atom. The van der Waals surface area contributed by atoms with Gasteiger partial charge in [0.15, 0.2) is 0 Å². The van der Waals surface area contributed by atoms with E-state index in [1.807, 2.05) is 43.3 Å². The summed E-state index contributed by atoms with van der Waals surface area (Å²) in [6.45, 7) is 2.48. The number of amides is 1. The number of aromatic nitrogens is 1. The van der Waals surface area contributed by atoms with Crippen LogP contribution in [0, 0.1) is 11.6 Å². The van der Waals surface area contributed by atoms with E-state index >= 15 is 0 Å². The van der Waals surface area contributed by atoms with Crippen molar-refractivity contribution in [2.24, 2.45) is 0 Å². The van der Waals surface area contributed by atoms with Gasteiger partial charge in [0.2, 0.25) is 5.91 Å². The summed E-state index contributed by atoms with van der Waals surface area (Å²) in [4.78, 5) is 16.2. The summed E-state index contributed by atoms with van der Waals surface area (Å²) in [5.74, 6) is -1.86. The summed E-state index contributed by atoms with van der Waals surface area (Å²) in [6.07, 6.45) is 5.79. The molecule has 0 radical (unpaired) electrons. The predicted octanol–water partition coefficient (Wildman–Crippen LogP) is 4.86. The van der Waals surface area contributed by atoms with Crippen LogP contribution in [-0.2, 0) is 11.3 Å². The zero-order valence-electron chi connectivity index (χ0n) is 15.9. The Balaban J connectivity index is 1.60. The van der Waals surface area contributed by atoms with Gasteiger partial charge in [0, 0.05) is 36.3 Å². The second-order valence-electron chi connectivity index (χ2n) is 6.54. The zero-order valence-corrected chi connectivity index (χ0v) is 15.9. The van der Waals surface area contributed by atoms with Crippen LogP contribution in [0.5, 0.6) is 0 Å². The monoisotopic (exact) mass is 393 g/mol. The summed E-state index contributed by atoms with van der Waals surface area (Å²) in [5.41, 5.74) is 2.64. The molecule has 2 N–H and O–H groups in total. The van der Waals surface area contributed by atoms with Crippen molar-refractivity contribution in [1.29, 1.82) is 0 Å². The van der Waals surface area contributed by atoms with Crippen LogP contribution in [0.15, 0.2) is 73.1 Å². The smallest absolute Gasteiger partial charge is 0.244 e. The number of rotatable bonds is 7. The third kappa shape index (κ3) is 5.72. The lowest BCUT2D eigenvalue weighted by Crippen LogP contribution is -2.24. The molecule has 0 aliphatic carbocycles. The third-order valence-corrected chi connectivity index (χ3v) is 4.37. The number of hydrogen-bond donors (Lipinski definition) is 2. The van der Waals surface area contributed by atoms with Gasteiger partial charge in [-0.2, -0.15) is 0 Å². The van der Waals surface area contributed by atoms with Crippen molar-refractivity contribution in [3.8, 4) is 0 Å². The number of nitrogens with zero attached hydrogens (tertiary/aromatic N) is 1. The molecule has 29 heavy (non-hydrogen) atoms. The van der Waals surface area contributed by atoms with Crippen LogP contribution in [0.25, 0.3) is 6.08 Å². The molecule has 4 nitrogen and oxygen atoms in total. The lowest BCUT2D eigenvalue weighted by Gasteiger charge is -2.15. The van der Waals surface area contributed by atoms with Crippen molar-refractivity contribution < 1.29 is 13.6 Å². The number of hydrogen-bond acceptors (Lipinski definition) is 3. The van der Waals surface area contributed by atoms with Gasteiger partial charge in [-0.1, -0.05) is 24.3 Å². The first kappa shape index (κ1) is 20.2. The Kier molecular flexibility index (Phi) is 6.68. The van der Waals surface area contributed by atoms with E-state index in [-0.39, 0.29) is 11.6 Å². The van der Waals surface area contributed by atoms with Crippen LogP contribution in [0.4, 0.5) is 14.5 Å². The van der Waals surface area contributed by atoms with Crippen LogP contribution in [0.3, 0.4) is 0 Å². The fourth-order valence-corrected chi connectivity index (χ4v) is 2.80. The molecule has 1 amide bonds. The first-order valence-corrected chi connectivity index (χ1v) is 9.18. The number of benzene rings is 2. The van der Waals surface area contributed by atoms with Gasteiger partial charge in [-0.25, -0.2) is 8.78 Å². The number of carbonyl (C=O) groups excluding carboxylic acids is 1. The molecule has 0 bridgehead atoms. The molecule has 2 aromatic carbocycles. The minimum atomic E-state index is -0.713. The van der Waals surface area contributed by atoms with Gasteiger partial charge >= 0.3 is 0 Å². The highest BCUT2D eigenvalue weighted by Crippen LogP contribution is 2.18. The minimum absolute atomic E-state index is 0.239. The van der Waals surface area contributed by atoms with Gasteiger partial charge in [-0.3, -0.25) is 9.78 Å². The molecule has 0 aliphatic heterocycles. The molecule has 0 spiro atoms. The molecule has 3 rings (SSSR count). The molecule has 1 unspecified atom stereocenters. The minimum Gasteiger partial charge on any atom is -0.381 e. The standard InChI is InChI=1S/C23H21F2N3O/c1-16(28-23(29)11-10-20-21(24)8-3-9-22(20)25)18-6-2-7-19(13-18)27-15-17-5-4-12-26-14-17/h2-14,16,27H,15H2,1H3,(H,28,29). The molecule has 0 saturated heterocycles. The van der Waals surface area contributed by atoms with Gasteiger partial charge in [-0.15, -0.1) is 0 Å². The highest BCUT2D eigenvalue weighted by Gasteiger charge is 2.10. The van der Waals surface area contributed by atoms with E-state index in [0.717, 1.165) is 41.1 Å². The van der Waals surface area contributed by atoms with Crippen molar-refractivity contribution in [2.75, 3.05) is 5.32 Å². The lowest BCUT2D eigenvalue weighted by molar-refractivity contribution is -0.117. The fraction of sp³-hybridized carbons (Fsp3) is 0.130. The van der Waals surface area contributed by atoms with Crippen LogP contribution >= 0.6 is 0 Å². The molecule has 1 heterocycles. The van der Waals surface area contributed by atoms with Crippen molar-refractivity contribution in [3.63, 3.8) is 0 Å². The summed E-state index contributed by atoms with van der Waals surface area (Å²) >= 11 is 0. The van der Waals surface area contributed by atoms with E-state index in [1.54, 1.807) is 12.4 Å². The summed E-state index contributed by atoms with van der Waals surface area (Å²) in [5, 5.41) is 6.12. The van der Waals surface area contributed by atoms with Gasteiger partial charge in [0.05, 0.1) is 6.04 Å². The van der Waals surface area contributed by atoms with Gasteiger partial charge in [0.25, 0.3) is 0 Å². The Bertz CT molecular complexity index is 986. The maximum absolute atomic E-state index is 13.6. The third-order valence-electron chi connectivity index (χ3n) is 4.37. The second kappa shape index (κ2) is 9.59. The lowest BCUT2D eigenvalue weighted by atomic mass is 10.1. The SMILES string of the molecule is CC(NC(=O)C=Cc1c(F)cccc1F)c1cccc(NCc2cccnc2)c1. The second-order valence-corrected chi connectivity index (χ2v) is 6.54. The number of nitrogens with one attached hydrogen (secondary N) is 2. The number of carbonyl (C=O) groups is 1. The van der Waals surface area contributed by atoms with Crippen molar-refractivity contribution in [1.82, 2.24) is 10.3 Å². The average molecular weight is 393 g/mol. The van der Waals surface area contributed by atoms with E-state index in [1.165, 1.54) is 6.07 Å². The Labute approximate surface area is 168 Å². The van der Waals surface area contributed by atoms with Gasteiger partial charge < -0.3 is 10.6 Å². The largest absolute Gasteiger partial charge is 0.381 e. The number of anilines is 1. The molecule has 1 aromatic heterocycles. The van der Waals surface area contributed by atoms with Gasteiger partial charge in [0.1, 0.15) is 11.6 Å². The van der Waals surface area contributed by atoms with Crippen LogP contribution in [-0.4, -0.2) is 10.9 Å². The average Bonchev–Trinajstić information content (AvgIpc) is 2.73. The van der Waals surface area contributed by atoms with Crippen LogP contribution in [0.1, 0.15) is 29.7 Å². The van der Waals surface area contributed by atoms with E-state index in [0.29, 0.717) is 6.54 Å². The summed E-state index contributed by atoms with van der Waals surface area (Å²) in [7, 11) is 0. The molecule has 3 aromatic rings. The van der Waals surface area contributed by atoms with Crippen molar-refractivity contribution in [3.05, 3.63) is 101 Å². The van der Waals surface area contributed by atoms with E-state index in [9.17, 15) is 13.6 Å². The van der Waals surface area contributed by atoms with Crippen molar-refractivity contribution >= 4 is 17.7 Å². The quantitative estimate of drug-likeness (QED) is 0.564. The first-order chi connectivity index (χ1) is 14.0. The van der Waals surface area contributed by atoms with Crippen molar-refractivity contribution in [2.45, 2.75) is 19.5 Å². The normalized spacial score (nSPS) is 12.0. The Hall–Kier alpha value is -3.54. The molecular weight excluding hydrogens is 372 g/mol. The van der Waals surface area contributed by atoms with Crippen LogP contribution in [0.2, 0.25) is 0 Å². The number of halogens is 2. The zero-order chi connectivity index (χ0) is 20.6. The Morgan fingerprint density at radius 1 is 1.10 bits per heavy atom. The van der Waals surface area contributed by atoms with E-state index in [2.05, 4.69) is 15.6 Å². The maximum atomic E-state index is 13.6. The maximum Gasteiger partial charge on any atom is 0.244 e. The molecular formula is C23H21F2N3O. The molecule has 148 valence electrons. The first-order valence-electron chi connectivity index (χ1n) is 9.18. The summed E-state index contributed by atoms with van der Waals surface area (Å²) < 4.78 is 27.3. The molecule has 0 saturated carbocycles. The topological polar surface area (TPSA) is 54.0 Å². The van der Waals surface area contributed by atoms with E-state index < -0.39 is 17.5 Å².